The molecule has 94 valence electrons. The largest absolute Gasteiger partial charge is 0.497 e. The number of esters is 1. The summed E-state index contributed by atoms with van der Waals surface area (Å²) in [6, 6.07) is 9.07. The van der Waals surface area contributed by atoms with Gasteiger partial charge in [0.2, 0.25) is 0 Å². The molecule has 0 N–H and O–H groups in total. The highest BCUT2D eigenvalue weighted by Gasteiger charge is 2.15. The van der Waals surface area contributed by atoms with Crippen molar-refractivity contribution in [3.63, 3.8) is 0 Å². The molecule has 1 aromatic rings. The third-order valence-electron chi connectivity index (χ3n) is 2.47. The Bertz CT molecular complexity index is 512. The number of benzene rings is 1. The fourth-order valence-electron chi connectivity index (χ4n) is 1.49. The summed E-state index contributed by atoms with van der Waals surface area (Å²) in [5.41, 5.74) is 1.36. The van der Waals surface area contributed by atoms with Gasteiger partial charge in [-0.15, -0.1) is 0 Å². The summed E-state index contributed by atoms with van der Waals surface area (Å²) in [7, 11) is 1.56. The Hall–Kier alpha value is -2.28. The predicted octanol–water partition coefficient (Wildman–Crippen LogP) is 2.56. The first-order valence-electron chi connectivity index (χ1n) is 5.56. The number of methoxy groups -OCH3 is 1. The highest BCUT2D eigenvalue weighted by atomic mass is 16.5. The van der Waals surface area contributed by atoms with Gasteiger partial charge in [0.1, 0.15) is 17.4 Å². The number of ether oxygens (including phenoxy) is 2. The molecule has 4 heteroatoms. The van der Waals surface area contributed by atoms with Crippen LogP contribution in [-0.2, 0) is 9.53 Å². The van der Waals surface area contributed by atoms with Gasteiger partial charge in [0, 0.05) is 0 Å². The van der Waals surface area contributed by atoms with Crippen LogP contribution in [0.3, 0.4) is 0 Å². The van der Waals surface area contributed by atoms with Crippen molar-refractivity contribution in [3.8, 4) is 11.8 Å². The summed E-state index contributed by atoms with van der Waals surface area (Å²) in [6.45, 7) is 3.66. The highest BCUT2D eigenvalue weighted by molar-refractivity contribution is 6.01. The van der Waals surface area contributed by atoms with E-state index in [1.807, 2.05) is 12.1 Å². The number of nitriles is 1. The molecule has 0 fully saturated rings. The molecule has 1 rings (SSSR count). The summed E-state index contributed by atoms with van der Waals surface area (Å²) >= 11 is 0. The van der Waals surface area contributed by atoms with E-state index in [9.17, 15) is 4.79 Å². The molecule has 0 bridgehead atoms. The molecular formula is C14H15NO3. The SMILES string of the molecule is CCOC(=O)/C(C#N)=C(/C)c1cccc(OC)c1. The van der Waals surface area contributed by atoms with E-state index in [1.165, 1.54) is 0 Å². The maximum absolute atomic E-state index is 11.6. The van der Waals surface area contributed by atoms with E-state index < -0.39 is 5.97 Å². The molecular weight excluding hydrogens is 230 g/mol. The van der Waals surface area contributed by atoms with E-state index in [0.29, 0.717) is 11.3 Å². The lowest BCUT2D eigenvalue weighted by molar-refractivity contribution is -0.137. The lowest BCUT2D eigenvalue weighted by Gasteiger charge is -2.07. The van der Waals surface area contributed by atoms with E-state index in [1.54, 1.807) is 39.2 Å². The van der Waals surface area contributed by atoms with Crippen molar-refractivity contribution < 1.29 is 14.3 Å². The Morgan fingerprint density at radius 2 is 2.17 bits per heavy atom. The molecule has 0 saturated carbocycles. The van der Waals surface area contributed by atoms with Crippen LogP contribution in [0.2, 0.25) is 0 Å². The molecule has 0 unspecified atom stereocenters. The van der Waals surface area contributed by atoms with Crippen LogP contribution in [0.1, 0.15) is 19.4 Å². The maximum Gasteiger partial charge on any atom is 0.349 e. The van der Waals surface area contributed by atoms with Gasteiger partial charge in [-0.25, -0.2) is 4.79 Å². The van der Waals surface area contributed by atoms with E-state index in [2.05, 4.69) is 0 Å². The Kier molecular flexibility index (Phi) is 4.94. The minimum Gasteiger partial charge on any atom is -0.497 e. The van der Waals surface area contributed by atoms with Crippen LogP contribution in [-0.4, -0.2) is 19.7 Å². The quantitative estimate of drug-likeness (QED) is 0.464. The van der Waals surface area contributed by atoms with Crippen LogP contribution in [0.5, 0.6) is 5.75 Å². The molecule has 1 aromatic carbocycles. The van der Waals surface area contributed by atoms with E-state index in [4.69, 9.17) is 14.7 Å². The number of allylic oxidation sites excluding steroid dienone is 1. The Morgan fingerprint density at radius 1 is 1.44 bits per heavy atom. The molecule has 0 aliphatic heterocycles. The molecule has 18 heavy (non-hydrogen) atoms. The Labute approximate surface area is 106 Å². The van der Waals surface area contributed by atoms with Crippen LogP contribution in [0.25, 0.3) is 5.57 Å². The second kappa shape index (κ2) is 6.45. The van der Waals surface area contributed by atoms with Crippen LogP contribution in [0.4, 0.5) is 0 Å². The number of hydrogen-bond acceptors (Lipinski definition) is 4. The van der Waals surface area contributed by atoms with Gasteiger partial charge in [-0.1, -0.05) is 12.1 Å². The molecule has 0 aliphatic rings. The summed E-state index contributed by atoms with van der Waals surface area (Å²) in [4.78, 5) is 11.6. The summed E-state index contributed by atoms with van der Waals surface area (Å²) in [5, 5.41) is 9.04. The monoisotopic (exact) mass is 245 g/mol. The third-order valence-corrected chi connectivity index (χ3v) is 2.47. The molecule has 0 atom stereocenters. The van der Waals surface area contributed by atoms with Crippen molar-refractivity contribution in [3.05, 3.63) is 35.4 Å². The Balaban J connectivity index is 3.19. The number of rotatable bonds is 4. The van der Waals surface area contributed by atoms with Crippen LogP contribution >= 0.6 is 0 Å². The fourth-order valence-corrected chi connectivity index (χ4v) is 1.49. The van der Waals surface area contributed by atoms with Crippen molar-refractivity contribution >= 4 is 11.5 Å². The number of carbonyl (C=O) groups is 1. The zero-order valence-corrected chi connectivity index (χ0v) is 10.7. The average Bonchev–Trinajstić information content (AvgIpc) is 2.40. The van der Waals surface area contributed by atoms with Gasteiger partial charge in [0.15, 0.2) is 0 Å². The van der Waals surface area contributed by atoms with Gasteiger partial charge in [0.05, 0.1) is 13.7 Å². The zero-order chi connectivity index (χ0) is 13.5. The van der Waals surface area contributed by atoms with Gasteiger partial charge in [-0.05, 0) is 37.1 Å². The summed E-state index contributed by atoms with van der Waals surface area (Å²) in [5.74, 6) is 0.0771. The van der Waals surface area contributed by atoms with Crippen molar-refractivity contribution in [1.82, 2.24) is 0 Å². The first-order valence-corrected chi connectivity index (χ1v) is 5.56. The van der Waals surface area contributed by atoms with Crippen molar-refractivity contribution in [2.45, 2.75) is 13.8 Å². The summed E-state index contributed by atoms with van der Waals surface area (Å²) < 4.78 is 9.95. The first kappa shape index (κ1) is 13.8. The lowest BCUT2D eigenvalue weighted by atomic mass is 10.0. The molecule has 0 aliphatic carbocycles. The van der Waals surface area contributed by atoms with Gasteiger partial charge in [0.25, 0.3) is 0 Å². The molecule has 0 aromatic heterocycles. The van der Waals surface area contributed by atoms with Crippen molar-refractivity contribution in [1.29, 1.82) is 5.26 Å². The van der Waals surface area contributed by atoms with E-state index in [-0.39, 0.29) is 12.2 Å². The van der Waals surface area contributed by atoms with Gasteiger partial charge in [-0.2, -0.15) is 5.26 Å². The number of nitrogens with zero attached hydrogens (tertiary/aromatic N) is 1. The first-order chi connectivity index (χ1) is 8.63. The van der Waals surface area contributed by atoms with E-state index in [0.717, 1.165) is 5.56 Å². The molecule has 0 spiro atoms. The molecule has 0 saturated heterocycles. The zero-order valence-electron chi connectivity index (χ0n) is 10.7. The molecule has 0 radical (unpaired) electrons. The minimum absolute atomic E-state index is 0.0186. The fraction of sp³-hybridized carbons (Fsp3) is 0.286. The summed E-state index contributed by atoms with van der Waals surface area (Å²) in [6.07, 6.45) is 0. The van der Waals surface area contributed by atoms with Crippen molar-refractivity contribution in [2.24, 2.45) is 0 Å². The molecule has 0 amide bonds. The normalized spacial score (nSPS) is 11.2. The Morgan fingerprint density at radius 3 is 2.72 bits per heavy atom. The number of hydrogen-bond donors (Lipinski definition) is 0. The van der Waals surface area contributed by atoms with Gasteiger partial charge in [-0.3, -0.25) is 0 Å². The van der Waals surface area contributed by atoms with Gasteiger partial charge >= 0.3 is 5.97 Å². The standard InChI is InChI=1S/C14H15NO3/c1-4-18-14(16)13(9-15)10(2)11-6-5-7-12(8-11)17-3/h5-8H,4H2,1-3H3/b13-10-. The third kappa shape index (κ3) is 3.11. The maximum atomic E-state index is 11.6. The highest BCUT2D eigenvalue weighted by Crippen LogP contribution is 2.22. The lowest BCUT2D eigenvalue weighted by Crippen LogP contribution is -2.08. The predicted molar refractivity (Wildman–Crippen MR) is 67.8 cm³/mol. The van der Waals surface area contributed by atoms with E-state index >= 15 is 0 Å². The molecule has 0 heterocycles. The van der Waals surface area contributed by atoms with Crippen LogP contribution < -0.4 is 4.74 Å². The molecule has 4 nitrogen and oxygen atoms in total. The second-order valence-corrected chi connectivity index (χ2v) is 3.56. The van der Waals surface area contributed by atoms with Crippen LogP contribution in [0.15, 0.2) is 29.8 Å². The number of carbonyl (C=O) groups excluding carboxylic acids is 1. The minimum atomic E-state index is -0.597. The smallest absolute Gasteiger partial charge is 0.349 e. The average molecular weight is 245 g/mol. The second-order valence-electron chi connectivity index (χ2n) is 3.56. The van der Waals surface area contributed by atoms with Gasteiger partial charge < -0.3 is 9.47 Å². The topological polar surface area (TPSA) is 59.3 Å². The van der Waals surface area contributed by atoms with Crippen molar-refractivity contribution in [2.75, 3.05) is 13.7 Å². The van der Waals surface area contributed by atoms with Crippen LogP contribution in [0, 0.1) is 11.3 Å².